The van der Waals surface area contributed by atoms with Gasteiger partial charge < -0.3 is 4.90 Å². The van der Waals surface area contributed by atoms with Crippen molar-refractivity contribution in [2.45, 2.75) is 18.9 Å². The standard InChI is InChI=1S/C9H15ClN2O2S/c1-12(7-3-5-15-6-7)9(14)11-8(13)2-4-10/h7H,2-6H2,1H3,(H,11,13,14). The van der Waals surface area contributed by atoms with Gasteiger partial charge in [0.15, 0.2) is 0 Å². The summed E-state index contributed by atoms with van der Waals surface area (Å²) in [6.45, 7) is 0. The molecule has 0 saturated carbocycles. The Kier molecular flexibility index (Phi) is 5.25. The van der Waals surface area contributed by atoms with Gasteiger partial charge in [-0.15, -0.1) is 11.6 Å². The van der Waals surface area contributed by atoms with Crippen LogP contribution in [0.5, 0.6) is 0 Å². The first kappa shape index (κ1) is 12.6. The van der Waals surface area contributed by atoms with Crippen LogP contribution < -0.4 is 5.32 Å². The lowest BCUT2D eigenvalue weighted by atomic mass is 10.2. The van der Waals surface area contributed by atoms with Crippen LogP contribution in [-0.2, 0) is 4.79 Å². The Bertz CT molecular complexity index is 244. The lowest BCUT2D eigenvalue weighted by Crippen LogP contribution is -2.45. The Morgan fingerprint density at radius 2 is 2.33 bits per heavy atom. The molecule has 6 heteroatoms. The van der Waals surface area contributed by atoms with Gasteiger partial charge in [-0.3, -0.25) is 10.1 Å². The Morgan fingerprint density at radius 1 is 1.60 bits per heavy atom. The second-order valence-corrected chi connectivity index (χ2v) is 4.95. The van der Waals surface area contributed by atoms with Gasteiger partial charge in [0.05, 0.1) is 0 Å². The van der Waals surface area contributed by atoms with Crippen LogP contribution in [0.15, 0.2) is 0 Å². The van der Waals surface area contributed by atoms with Crippen LogP contribution in [0.2, 0.25) is 0 Å². The van der Waals surface area contributed by atoms with E-state index in [1.54, 1.807) is 11.9 Å². The van der Waals surface area contributed by atoms with Gasteiger partial charge in [-0.25, -0.2) is 4.79 Å². The average molecular weight is 251 g/mol. The van der Waals surface area contributed by atoms with Gasteiger partial charge in [-0.1, -0.05) is 0 Å². The van der Waals surface area contributed by atoms with E-state index in [-0.39, 0.29) is 30.3 Å². The van der Waals surface area contributed by atoms with E-state index in [1.165, 1.54) is 0 Å². The number of hydrogen-bond acceptors (Lipinski definition) is 3. The van der Waals surface area contributed by atoms with Crippen molar-refractivity contribution in [1.82, 2.24) is 10.2 Å². The first-order valence-corrected chi connectivity index (χ1v) is 6.54. The van der Waals surface area contributed by atoms with Crippen molar-refractivity contribution in [3.8, 4) is 0 Å². The van der Waals surface area contributed by atoms with Crippen molar-refractivity contribution in [2.75, 3.05) is 24.4 Å². The highest BCUT2D eigenvalue weighted by Crippen LogP contribution is 2.21. The SMILES string of the molecule is CN(C(=O)NC(=O)CCCl)C1CCSC1. The number of nitrogens with one attached hydrogen (secondary N) is 1. The molecule has 0 aromatic carbocycles. The van der Waals surface area contributed by atoms with Crippen LogP contribution in [0.1, 0.15) is 12.8 Å². The number of amides is 3. The third-order valence-electron chi connectivity index (χ3n) is 2.34. The van der Waals surface area contributed by atoms with E-state index in [0.29, 0.717) is 0 Å². The predicted molar refractivity (Wildman–Crippen MR) is 62.4 cm³/mol. The molecular formula is C9H15ClN2O2S. The summed E-state index contributed by atoms with van der Waals surface area (Å²) in [5, 5.41) is 2.31. The molecule has 1 unspecified atom stereocenters. The minimum atomic E-state index is -0.322. The zero-order valence-electron chi connectivity index (χ0n) is 8.66. The Balaban J connectivity index is 2.35. The van der Waals surface area contributed by atoms with Crippen molar-refractivity contribution in [1.29, 1.82) is 0 Å². The molecule has 15 heavy (non-hydrogen) atoms. The summed E-state index contributed by atoms with van der Waals surface area (Å²) in [7, 11) is 1.72. The van der Waals surface area contributed by atoms with Gasteiger partial charge in [0.1, 0.15) is 0 Å². The van der Waals surface area contributed by atoms with E-state index >= 15 is 0 Å². The first-order chi connectivity index (χ1) is 7.15. The van der Waals surface area contributed by atoms with Crippen molar-refractivity contribution >= 4 is 35.3 Å². The van der Waals surface area contributed by atoms with Gasteiger partial charge in [-0.2, -0.15) is 11.8 Å². The van der Waals surface area contributed by atoms with Gasteiger partial charge in [0.2, 0.25) is 5.91 Å². The molecule has 0 aromatic rings. The van der Waals surface area contributed by atoms with E-state index in [4.69, 9.17) is 11.6 Å². The second-order valence-electron chi connectivity index (χ2n) is 3.42. The number of alkyl halides is 1. The monoisotopic (exact) mass is 250 g/mol. The molecule has 1 rings (SSSR count). The zero-order valence-corrected chi connectivity index (χ0v) is 10.2. The van der Waals surface area contributed by atoms with Crippen LogP contribution in [0, 0.1) is 0 Å². The quantitative estimate of drug-likeness (QED) is 0.768. The molecule has 0 bridgehead atoms. The van der Waals surface area contributed by atoms with Crippen molar-refractivity contribution in [3.05, 3.63) is 0 Å². The number of thioether (sulfide) groups is 1. The summed E-state index contributed by atoms with van der Waals surface area (Å²) >= 11 is 7.23. The summed E-state index contributed by atoms with van der Waals surface area (Å²) in [5.41, 5.74) is 0. The third-order valence-corrected chi connectivity index (χ3v) is 3.68. The summed E-state index contributed by atoms with van der Waals surface area (Å²) < 4.78 is 0. The van der Waals surface area contributed by atoms with Crippen LogP contribution in [0.25, 0.3) is 0 Å². The van der Waals surface area contributed by atoms with Crippen molar-refractivity contribution in [2.24, 2.45) is 0 Å². The van der Waals surface area contributed by atoms with Crippen LogP contribution in [0.4, 0.5) is 4.79 Å². The van der Waals surface area contributed by atoms with Gasteiger partial charge in [0.25, 0.3) is 0 Å². The molecule has 0 aromatic heterocycles. The lowest BCUT2D eigenvalue weighted by Gasteiger charge is -2.23. The van der Waals surface area contributed by atoms with Gasteiger partial charge in [0, 0.05) is 31.1 Å². The Labute approximate surface area is 98.7 Å². The maximum atomic E-state index is 11.6. The number of rotatable bonds is 3. The number of carbonyl (C=O) groups excluding carboxylic acids is 2. The molecule has 3 amide bonds. The number of hydrogen-bond donors (Lipinski definition) is 1. The summed E-state index contributed by atoms with van der Waals surface area (Å²) in [6.07, 6.45) is 1.18. The smallest absolute Gasteiger partial charge is 0.324 e. The molecule has 0 radical (unpaired) electrons. The fourth-order valence-corrected chi connectivity index (χ4v) is 2.79. The molecule has 86 valence electrons. The predicted octanol–water partition coefficient (Wildman–Crippen LogP) is 1.29. The lowest BCUT2D eigenvalue weighted by molar-refractivity contribution is -0.119. The number of carbonyl (C=O) groups is 2. The van der Waals surface area contributed by atoms with Crippen molar-refractivity contribution < 1.29 is 9.59 Å². The van der Waals surface area contributed by atoms with E-state index in [1.807, 2.05) is 11.8 Å². The molecule has 4 nitrogen and oxygen atoms in total. The maximum absolute atomic E-state index is 11.6. The third kappa shape index (κ3) is 3.91. The first-order valence-electron chi connectivity index (χ1n) is 4.85. The van der Waals surface area contributed by atoms with E-state index in [2.05, 4.69) is 5.32 Å². The minimum absolute atomic E-state index is 0.181. The molecule has 1 atom stereocenters. The van der Waals surface area contributed by atoms with Crippen LogP contribution in [-0.4, -0.2) is 47.3 Å². The minimum Gasteiger partial charge on any atom is -0.324 e. The summed E-state index contributed by atoms with van der Waals surface area (Å²) in [4.78, 5) is 24.3. The normalized spacial score (nSPS) is 20.0. The van der Waals surface area contributed by atoms with E-state index in [0.717, 1.165) is 17.9 Å². The van der Waals surface area contributed by atoms with E-state index in [9.17, 15) is 9.59 Å². The number of nitrogens with zero attached hydrogens (tertiary/aromatic N) is 1. The molecule has 1 heterocycles. The highest BCUT2D eigenvalue weighted by Gasteiger charge is 2.24. The average Bonchev–Trinajstić information content (AvgIpc) is 2.69. The Hall–Kier alpha value is -0.420. The van der Waals surface area contributed by atoms with Gasteiger partial charge in [-0.05, 0) is 12.2 Å². The molecule has 1 saturated heterocycles. The Morgan fingerprint density at radius 3 is 2.87 bits per heavy atom. The number of urea groups is 1. The van der Waals surface area contributed by atoms with Crippen LogP contribution in [0.3, 0.4) is 0 Å². The van der Waals surface area contributed by atoms with Gasteiger partial charge >= 0.3 is 6.03 Å². The molecule has 0 aliphatic carbocycles. The highest BCUT2D eigenvalue weighted by atomic mass is 35.5. The molecule has 1 N–H and O–H groups in total. The molecule has 1 fully saturated rings. The number of imide groups is 1. The molecular weight excluding hydrogens is 236 g/mol. The summed E-state index contributed by atoms with van der Waals surface area (Å²) in [6, 6.07) is -0.0728. The second kappa shape index (κ2) is 6.23. The van der Waals surface area contributed by atoms with E-state index < -0.39 is 0 Å². The van der Waals surface area contributed by atoms with Crippen LogP contribution >= 0.6 is 23.4 Å². The molecule has 1 aliphatic rings. The summed E-state index contributed by atoms with van der Waals surface area (Å²) in [5.74, 6) is 1.96. The molecule has 1 aliphatic heterocycles. The maximum Gasteiger partial charge on any atom is 0.324 e. The number of halogens is 1. The topological polar surface area (TPSA) is 49.4 Å². The zero-order chi connectivity index (χ0) is 11.3. The fraction of sp³-hybridized carbons (Fsp3) is 0.778. The largest absolute Gasteiger partial charge is 0.324 e. The highest BCUT2D eigenvalue weighted by molar-refractivity contribution is 7.99. The fourth-order valence-electron chi connectivity index (χ4n) is 1.35. The van der Waals surface area contributed by atoms with Crippen molar-refractivity contribution in [3.63, 3.8) is 0 Å². The molecule has 0 spiro atoms.